The number of morpholine rings is 1. The van der Waals surface area contributed by atoms with E-state index in [2.05, 4.69) is 5.32 Å². The van der Waals surface area contributed by atoms with E-state index in [4.69, 9.17) is 4.74 Å². The molecule has 1 heterocycles. The van der Waals surface area contributed by atoms with Crippen LogP contribution >= 0.6 is 0 Å². The molecule has 1 rings (SSSR count). The molecule has 2 N–H and O–H groups in total. The molecule has 1 fully saturated rings. The molecular weight excluding hydrogens is 244 g/mol. The zero-order valence-electron chi connectivity index (χ0n) is 9.02. The van der Waals surface area contributed by atoms with E-state index >= 15 is 0 Å². The van der Waals surface area contributed by atoms with E-state index in [9.17, 15) is 22.4 Å². The number of rotatable bonds is 5. The summed E-state index contributed by atoms with van der Waals surface area (Å²) in [5.74, 6) is -4.92. The minimum absolute atomic E-state index is 0.119. The van der Waals surface area contributed by atoms with Crippen molar-refractivity contribution in [1.29, 1.82) is 0 Å². The van der Waals surface area contributed by atoms with Crippen LogP contribution in [0.25, 0.3) is 0 Å². The molecule has 1 atom stereocenters. The molecule has 0 spiro atoms. The zero-order chi connectivity index (χ0) is 12.9. The molecule has 1 aliphatic heterocycles. The average Bonchev–Trinajstić information content (AvgIpc) is 2.28. The number of hydrogen-bond donors (Lipinski definition) is 2. The van der Waals surface area contributed by atoms with Gasteiger partial charge in [-0.2, -0.15) is 8.78 Å². The van der Waals surface area contributed by atoms with Crippen molar-refractivity contribution in [3.8, 4) is 0 Å². The van der Waals surface area contributed by atoms with E-state index in [0.29, 0.717) is 19.7 Å². The molecule has 0 bridgehead atoms. The van der Waals surface area contributed by atoms with Gasteiger partial charge < -0.3 is 15.4 Å². The van der Waals surface area contributed by atoms with E-state index in [0.717, 1.165) is 0 Å². The van der Waals surface area contributed by atoms with Gasteiger partial charge in [0.05, 0.1) is 25.7 Å². The molecule has 8 heteroatoms. The molecule has 1 saturated heterocycles. The summed E-state index contributed by atoms with van der Waals surface area (Å²) in [4.78, 5) is 11.2. The summed E-state index contributed by atoms with van der Waals surface area (Å²) in [6, 6.07) is 0. The topological polar surface area (TPSA) is 50.4 Å². The molecule has 0 saturated carbocycles. The van der Waals surface area contributed by atoms with Crippen LogP contribution in [-0.4, -0.2) is 50.6 Å². The largest absolute Gasteiger partial charge is 0.375 e. The fourth-order valence-corrected chi connectivity index (χ4v) is 1.32. The van der Waals surface area contributed by atoms with Crippen LogP contribution in [0.3, 0.4) is 0 Å². The molecule has 0 aromatic heterocycles. The van der Waals surface area contributed by atoms with E-state index in [1.165, 1.54) is 0 Å². The Morgan fingerprint density at radius 3 is 2.76 bits per heavy atom. The number of amides is 1. The van der Waals surface area contributed by atoms with Crippen molar-refractivity contribution in [3.63, 3.8) is 0 Å². The van der Waals surface area contributed by atoms with E-state index in [1.54, 1.807) is 5.32 Å². The predicted octanol–water partition coefficient (Wildman–Crippen LogP) is 0.382. The van der Waals surface area contributed by atoms with Crippen LogP contribution in [0.2, 0.25) is 0 Å². The average molecular weight is 258 g/mol. The fraction of sp³-hybridized carbons (Fsp3) is 0.889. The van der Waals surface area contributed by atoms with Crippen molar-refractivity contribution in [2.75, 3.05) is 26.2 Å². The summed E-state index contributed by atoms with van der Waals surface area (Å²) in [6.45, 7) is 0.190. The lowest BCUT2D eigenvalue weighted by molar-refractivity contribution is -0.138. The summed E-state index contributed by atoms with van der Waals surface area (Å²) in [7, 11) is 0. The molecule has 4 nitrogen and oxygen atoms in total. The van der Waals surface area contributed by atoms with Crippen LogP contribution in [0.4, 0.5) is 17.6 Å². The van der Waals surface area contributed by atoms with Gasteiger partial charge in [-0.1, -0.05) is 0 Å². The smallest absolute Gasteiger partial charge is 0.324 e. The second-order valence-corrected chi connectivity index (χ2v) is 3.74. The third kappa shape index (κ3) is 4.86. The first kappa shape index (κ1) is 14.2. The number of alkyl halides is 4. The predicted molar refractivity (Wildman–Crippen MR) is 51.2 cm³/mol. The summed E-state index contributed by atoms with van der Waals surface area (Å²) in [5.41, 5.74) is 0. The molecule has 0 aliphatic carbocycles. The normalized spacial score (nSPS) is 21.6. The highest BCUT2D eigenvalue weighted by Crippen LogP contribution is 2.21. The van der Waals surface area contributed by atoms with E-state index in [-0.39, 0.29) is 6.42 Å². The van der Waals surface area contributed by atoms with Crippen molar-refractivity contribution in [3.05, 3.63) is 0 Å². The Morgan fingerprint density at radius 2 is 2.24 bits per heavy atom. The highest BCUT2D eigenvalue weighted by atomic mass is 19.3. The number of hydrogen-bond acceptors (Lipinski definition) is 3. The Hall–Kier alpha value is -0.890. The lowest BCUT2D eigenvalue weighted by Crippen LogP contribution is -2.45. The van der Waals surface area contributed by atoms with Gasteiger partial charge in [-0.3, -0.25) is 4.79 Å². The zero-order valence-corrected chi connectivity index (χ0v) is 9.02. The summed E-state index contributed by atoms with van der Waals surface area (Å²) in [6.07, 6.45) is -4.30. The van der Waals surface area contributed by atoms with E-state index in [1.807, 2.05) is 0 Å². The lowest BCUT2D eigenvalue weighted by atomic mass is 10.2. The van der Waals surface area contributed by atoms with Crippen molar-refractivity contribution >= 4 is 5.91 Å². The third-order valence-corrected chi connectivity index (χ3v) is 2.26. The summed E-state index contributed by atoms with van der Waals surface area (Å²) >= 11 is 0. The third-order valence-electron chi connectivity index (χ3n) is 2.26. The summed E-state index contributed by atoms with van der Waals surface area (Å²) in [5, 5.41) is 4.73. The molecule has 0 radical (unpaired) electrons. The highest BCUT2D eigenvalue weighted by Gasteiger charge is 2.40. The summed E-state index contributed by atoms with van der Waals surface area (Å²) < 4.78 is 53.7. The molecule has 100 valence electrons. The Balaban J connectivity index is 2.25. The second-order valence-electron chi connectivity index (χ2n) is 3.74. The molecule has 0 aromatic carbocycles. The van der Waals surface area contributed by atoms with Crippen molar-refractivity contribution in [1.82, 2.24) is 10.6 Å². The van der Waals surface area contributed by atoms with Gasteiger partial charge in [-0.25, -0.2) is 8.78 Å². The van der Waals surface area contributed by atoms with Crippen LogP contribution in [0, 0.1) is 0 Å². The number of halogens is 4. The fourth-order valence-electron chi connectivity index (χ4n) is 1.32. The first-order chi connectivity index (χ1) is 7.92. The Morgan fingerprint density at radius 1 is 1.53 bits per heavy atom. The highest BCUT2D eigenvalue weighted by molar-refractivity contribution is 5.76. The van der Waals surface area contributed by atoms with Crippen LogP contribution < -0.4 is 10.6 Å². The second kappa shape index (κ2) is 6.15. The molecule has 1 unspecified atom stereocenters. The maximum absolute atomic E-state index is 12.5. The minimum atomic E-state index is -4.19. The lowest BCUT2D eigenvalue weighted by Gasteiger charge is -2.23. The minimum Gasteiger partial charge on any atom is -0.375 e. The maximum Gasteiger partial charge on any atom is 0.324 e. The molecule has 1 aliphatic rings. The van der Waals surface area contributed by atoms with Gasteiger partial charge in [0.15, 0.2) is 0 Å². The SMILES string of the molecule is O=C(CC1CNCCO1)NCC(F)(F)C(F)F. The molecular formula is C9H14F4N2O2. The Labute approximate surface area is 95.7 Å². The van der Waals surface area contributed by atoms with Gasteiger partial charge in [0.1, 0.15) is 0 Å². The Bertz CT molecular complexity index is 257. The number of carbonyl (C=O) groups excluding carboxylic acids is 1. The van der Waals surface area contributed by atoms with Gasteiger partial charge in [-0.15, -0.1) is 0 Å². The van der Waals surface area contributed by atoms with Crippen molar-refractivity contribution in [2.24, 2.45) is 0 Å². The van der Waals surface area contributed by atoms with Crippen molar-refractivity contribution < 1.29 is 27.1 Å². The molecule has 0 aromatic rings. The Kier molecular flexibility index (Phi) is 5.13. The number of nitrogens with one attached hydrogen (secondary N) is 2. The van der Waals surface area contributed by atoms with Gasteiger partial charge in [0.2, 0.25) is 5.91 Å². The van der Waals surface area contributed by atoms with Crippen LogP contribution in [0.15, 0.2) is 0 Å². The van der Waals surface area contributed by atoms with Crippen molar-refractivity contribution in [2.45, 2.75) is 24.9 Å². The van der Waals surface area contributed by atoms with Gasteiger partial charge in [0, 0.05) is 13.1 Å². The first-order valence-corrected chi connectivity index (χ1v) is 5.17. The van der Waals surface area contributed by atoms with Crippen LogP contribution in [0.5, 0.6) is 0 Å². The van der Waals surface area contributed by atoms with Gasteiger partial charge in [-0.05, 0) is 0 Å². The van der Waals surface area contributed by atoms with Gasteiger partial charge in [0.25, 0.3) is 0 Å². The standard InChI is InChI=1S/C9H14F4N2O2/c10-8(11)9(12,13)5-15-7(16)3-6-4-14-1-2-17-6/h6,8,14H,1-5H2,(H,15,16). The van der Waals surface area contributed by atoms with Gasteiger partial charge >= 0.3 is 12.3 Å². The number of ether oxygens (including phenoxy) is 1. The maximum atomic E-state index is 12.5. The quantitative estimate of drug-likeness (QED) is 0.701. The number of carbonyl (C=O) groups is 1. The monoisotopic (exact) mass is 258 g/mol. The molecule has 17 heavy (non-hydrogen) atoms. The molecule has 1 amide bonds. The van der Waals surface area contributed by atoms with Crippen LogP contribution in [0.1, 0.15) is 6.42 Å². The first-order valence-electron chi connectivity index (χ1n) is 5.17. The van der Waals surface area contributed by atoms with E-state index < -0.39 is 30.9 Å². The van der Waals surface area contributed by atoms with Crippen LogP contribution in [-0.2, 0) is 9.53 Å².